The highest BCUT2D eigenvalue weighted by atomic mass is 35.5. The fourth-order valence-corrected chi connectivity index (χ4v) is 1.18. The van der Waals surface area contributed by atoms with Crippen LogP contribution in [0.15, 0.2) is 0 Å². The van der Waals surface area contributed by atoms with Crippen LogP contribution in [0.1, 0.15) is 20.8 Å². The zero-order valence-corrected chi connectivity index (χ0v) is 10.4. The summed E-state index contributed by atoms with van der Waals surface area (Å²) in [5, 5.41) is 2.47. The molecule has 0 aromatic heterocycles. The molecule has 14 heavy (non-hydrogen) atoms. The van der Waals surface area contributed by atoms with Gasteiger partial charge in [-0.2, -0.15) is 0 Å². The minimum atomic E-state index is -0.460. The molecule has 84 valence electrons. The van der Waals surface area contributed by atoms with Crippen molar-refractivity contribution in [3.63, 3.8) is 0 Å². The summed E-state index contributed by atoms with van der Waals surface area (Å²) in [6.45, 7) is 6.71. The van der Waals surface area contributed by atoms with Gasteiger partial charge in [-0.05, 0) is 26.9 Å². The van der Waals surface area contributed by atoms with Crippen LogP contribution in [-0.2, 0) is 4.79 Å². The number of nitrogens with one attached hydrogen (secondary N) is 1. The Bertz CT molecular complexity index is 181. The summed E-state index contributed by atoms with van der Waals surface area (Å²) in [7, 11) is 3.98. The maximum Gasteiger partial charge on any atom is 0.238 e. The van der Waals surface area contributed by atoms with Gasteiger partial charge in [-0.1, -0.05) is 13.8 Å². The first kappa shape index (κ1) is 13.7. The summed E-state index contributed by atoms with van der Waals surface area (Å²) < 4.78 is 0. The van der Waals surface area contributed by atoms with E-state index in [4.69, 9.17) is 11.6 Å². The summed E-state index contributed by atoms with van der Waals surface area (Å²) in [4.78, 5) is 13.4. The Morgan fingerprint density at radius 1 is 1.36 bits per heavy atom. The first-order valence-corrected chi connectivity index (χ1v) is 5.37. The van der Waals surface area contributed by atoms with E-state index >= 15 is 0 Å². The molecular weight excluding hydrogens is 200 g/mol. The number of halogens is 1. The molecule has 0 bridgehead atoms. The van der Waals surface area contributed by atoms with Gasteiger partial charge in [0.2, 0.25) is 5.91 Å². The van der Waals surface area contributed by atoms with Gasteiger partial charge < -0.3 is 10.2 Å². The first-order chi connectivity index (χ1) is 6.34. The van der Waals surface area contributed by atoms with Gasteiger partial charge in [0.1, 0.15) is 5.38 Å². The fourth-order valence-electron chi connectivity index (χ4n) is 1.11. The number of nitrogens with zero attached hydrogens (tertiary/aromatic N) is 1. The molecule has 1 amide bonds. The van der Waals surface area contributed by atoms with Gasteiger partial charge in [-0.15, -0.1) is 11.6 Å². The summed E-state index contributed by atoms with van der Waals surface area (Å²) in [6.07, 6.45) is 0. The van der Waals surface area contributed by atoms with E-state index in [1.807, 2.05) is 14.1 Å². The minimum absolute atomic E-state index is 0.0905. The number of hydrogen-bond donors (Lipinski definition) is 1. The van der Waals surface area contributed by atoms with Crippen molar-refractivity contribution in [2.24, 2.45) is 5.92 Å². The van der Waals surface area contributed by atoms with Crippen molar-refractivity contribution in [2.45, 2.75) is 32.2 Å². The molecule has 1 N–H and O–H groups in total. The van der Waals surface area contributed by atoms with E-state index in [1.165, 1.54) is 0 Å². The molecule has 0 radical (unpaired) electrons. The van der Waals surface area contributed by atoms with Crippen LogP contribution in [0.5, 0.6) is 0 Å². The SMILES string of the molecule is CC(Cl)C(=O)NC(CN(C)C)C(C)C. The molecule has 0 aromatic rings. The van der Waals surface area contributed by atoms with Crippen LogP contribution in [0.4, 0.5) is 0 Å². The second-order valence-electron chi connectivity index (χ2n) is 4.24. The molecule has 0 spiro atoms. The smallest absolute Gasteiger partial charge is 0.238 e. The summed E-state index contributed by atoms with van der Waals surface area (Å²) in [5.41, 5.74) is 0. The number of rotatable bonds is 5. The van der Waals surface area contributed by atoms with E-state index in [-0.39, 0.29) is 11.9 Å². The molecule has 0 saturated carbocycles. The lowest BCUT2D eigenvalue weighted by molar-refractivity contribution is -0.121. The van der Waals surface area contributed by atoms with Crippen molar-refractivity contribution in [3.8, 4) is 0 Å². The third-order valence-corrected chi connectivity index (χ3v) is 2.25. The standard InChI is InChI=1S/C10H21ClN2O/c1-7(2)9(6-13(4)5)12-10(14)8(3)11/h7-9H,6H2,1-5H3,(H,12,14). The fraction of sp³-hybridized carbons (Fsp3) is 0.900. The van der Waals surface area contributed by atoms with Crippen LogP contribution < -0.4 is 5.32 Å². The molecule has 2 unspecified atom stereocenters. The summed E-state index contributed by atoms with van der Waals surface area (Å²) >= 11 is 5.69. The Kier molecular flexibility index (Phi) is 6.12. The maximum absolute atomic E-state index is 11.4. The predicted octanol–water partition coefficient (Wildman–Crippen LogP) is 1.32. The molecule has 4 heteroatoms. The lowest BCUT2D eigenvalue weighted by atomic mass is 10.0. The highest BCUT2D eigenvalue weighted by Crippen LogP contribution is 2.04. The number of alkyl halides is 1. The van der Waals surface area contributed by atoms with Crippen molar-refractivity contribution in [1.29, 1.82) is 0 Å². The van der Waals surface area contributed by atoms with Crippen LogP contribution in [0.2, 0.25) is 0 Å². The average molecular weight is 221 g/mol. The van der Waals surface area contributed by atoms with Crippen LogP contribution >= 0.6 is 11.6 Å². The summed E-state index contributed by atoms with van der Waals surface area (Å²) in [5.74, 6) is 0.323. The Balaban J connectivity index is 4.16. The van der Waals surface area contributed by atoms with Crippen LogP contribution in [0.25, 0.3) is 0 Å². The van der Waals surface area contributed by atoms with Gasteiger partial charge in [0.05, 0.1) is 0 Å². The second-order valence-corrected chi connectivity index (χ2v) is 4.89. The quantitative estimate of drug-likeness (QED) is 0.709. The van der Waals surface area contributed by atoms with E-state index in [0.29, 0.717) is 5.92 Å². The zero-order valence-electron chi connectivity index (χ0n) is 9.67. The second kappa shape index (κ2) is 6.25. The van der Waals surface area contributed by atoms with E-state index in [9.17, 15) is 4.79 Å². The number of amides is 1. The molecule has 3 nitrogen and oxygen atoms in total. The number of hydrogen-bond acceptors (Lipinski definition) is 2. The third kappa shape index (κ3) is 5.45. The Labute approximate surface area is 91.8 Å². The topological polar surface area (TPSA) is 32.3 Å². The van der Waals surface area contributed by atoms with Crippen LogP contribution in [0.3, 0.4) is 0 Å². The lowest BCUT2D eigenvalue weighted by Crippen LogP contribution is -2.47. The van der Waals surface area contributed by atoms with Crippen molar-refractivity contribution in [3.05, 3.63) is 0 Å². The number of carbonyl (C=O) groups excluding carboxylic acids is 1. The Morgan fingerprint density at radius 2 is 1.86 bits per heavy atom. The van der Waals surface area contributed by atoms with Gasteiger partial charge in [-0.25, -0.2) is 0 Å². The number of carbonyl (C=O) groups is 1. The molecule has 0 aliphatic rings. The van der Waals surface area contributed by atoms with Gasteiger partial charge in [0, 0.05) is 12.6 Å². The Morgan fingerprint density at radius 3 is 2.14 bits per heavy atom. The average Bonchev–Trinajstić information content (AvgIpc) is 2.01. The normalized spacial score (nSPS) is 15.7. The lowest BCUT2D eigenvalue weighted by Gasteiger charge is -2.26. The monoisotopic (exact) mass is 220 g/mol. The first-order valence-electron chi connectivity index (χ1n) is 4.93. The molecule has 0 rings (SSSR count). The van der Waals surface area contributed by atoms with Gasteiger partial charge in [0.25, 0.3) is 0 Å². The third-order valence-electron chi connectivity index (χ3n) is 2.06. The van der Waals surface area contributed by atoms with E-state index < -0.39 is 5.38 Å². The summed E-state index contributed by atoms with van der Waals surface area (Å²) in [6, 6.07) is 0.165. The molecule has 0 fully saturated rings. The highest BCUT2D eigenvalue weighted by molar-refractivity contribution is 6.30. The van der Waals surface area contributed by atoms with Crippen molar-refractivity contribution in [1.82, 2.24) is 10.2 Å². The van der Waals surface area contributed by atoms with Crippen LogP contribution in [0, 0.1) is 5.92 Å². The van der Waals surface area contributed by atoms with Gasteiger partial charge in [-0.3, -0.25) is 4.79 Å². The molecular formula is C10H21ClN2O. The molecule has 0 heterocycles. The minimum Gasteiger partial charge on any atom is -0.351 e. The molecule has 2 atom stereocenters. The van der Waals surface area contributed by atoms with Crippen LogP contribution in [-0.4, -0.2) is 42.9 Å². The van der Waals surface area contributed by atoms with Crippen molar-refractivity contribution < 1.29 is 4.79 Å². The van der Waals surface area contributed by atoms with Crippen molar-refractivity contribution in [2.75, 3.05) is 20.6 Å². The Hall–Kier alpha value is -0.280. The molecule has 0 aliphatic heterocycles. The largest absolute Gasteiger partial charge is 0.351 e. The number of likely N-dealkylation sites (N-methyl/N-ethyl adjacent to an activating group) is 1. The van der Waals surface area contributed by atoms with Gasteiger partial charge >= 0.3 is 0 Å². The van der Waals surface area contributed by atoms with Gasteiger partial charge in [0.15, 0.2) is 0 Å². The molecule has 0 aromatic carbocycles. The van der Waals surface area contributed by atoms with E-state index in [2.05, 4.69) is 24.1 Å². The zero-order chi connectivity index (χ0) is 11.3. The highest BCUT2D eigenvalue weighted by Gasteiger charge is 2.19. The van der Waals surface area contributed by atoms with E-state index in [0.717, 1.165) is 6.54 Å². The molecule has 0 aliphatic carbocycles. The maximum atomic E-state index is 11.4. The predicted molar refractivity (Wildman–Crippen MR) is 60.6 cm³/mol. The molecule has 0 saturated heterocycles. The van der Waals surface area contributed by atoms with E-state index in [1.54, 1.807) is 6.92 Å². The van der Waals surface area contributed by atoms with Crippen molar-refractivity contribution >= 4 is 17.5 Å².